The molecule has 0 amide bonds. The standard InChI is InChI=1S/C14H15FN4O/c15-11-3-1-10(2-4-11)12-9-17-14(16)18-13(12)19-5-7-20-8-6-19/h1-4,9H,5-8H2,(H2,16,17,18). The summed E-state index contributed by atoms with van der Waals surface area (Å²) < 4.78 is 18.4. The largest absolute Gasteiger partial charge is 0.378 e. The van der Waals surface area contributed by atoms with Gasteiger partial charge in [0, 0.05) is 24.8 Å². The minimum Gasteiger partial charge on any atom is -0.378 e. The maximum absolute atomic E-state index is 13.0. The number of hydrogen-bond donors (Lipinski definition) is 1. The first-order valence-electron chi connectivity index (χ1n) is 6.45. The van der Waals surface area contributed by atoms with Crippen molar-refractivity contribution in [2.45, 2.75) is 0 Å². The van der Waals surface area contributed by atoms with Gasteiger partial charge in [-0.1, -0.05) is 12.1 Å². The molecule has 0 radical (unpaired) electrons. The number of nitrogens with zero attached hydrogens (tertiary/aromatic N) is 3. The van der Waals surface area contributed by atoms with Crippen LogP contribution in [0.1, 0.15) is 0 Å². The molecule has 0 aliphatic carbocycles. The van der Waals surface area contributed by atoms with Crippen molar-refractivity contribution in [2.75, 3.05) is 36.9 Å². The Labute approximate surface area is 116 Å². The number of anilines is 2. The molecule has 2 N–H and O–H groups in total. The van der Waals surface area contributed by atoms with Crippen molar-refractivity contribution in [3.63, 3.8) is 0 Å². The van der Waals surface area contributed by atoms with Crippen LogP contribution < -0.4 is 10.6 Å². The topological polar surface area (TPSA) is 64.3 Å². The van der Waals surface area contributed by atoms with Crippen LogP contribution in [0.25, 0.3) is 11.1 Å². The van der Waals surface area contributed by atoms with E-state index in [-0.39, 0.29) is 11.8 Å². The molecule has 0 saturated carbocycles. The van der Waals surface area contributed by atoms with Crippen LogP contribution in [0.4, 0.5) is 16.2 Å². The van der Waals surface area contributed by atoms with Crippen LogP contribution in [0.15, 0.2) is 30.5 Å². The van der Waals surface area contributed by atoms with Crippen molar-refractivity contribution >= 4 is 11.8 Å². The van der Waals surface area contributed by atoms with Crippen molar-refractivity contribution < 1.29 is 9.13 Å². The Morgan fingerprint density at radius 1 is 1.15 bits per heavy atom. The number of benzene rings is 1. The summed E-state index contributed by atoms with van der Waals surface area (Å²) >= 11 is 0. The van der Waals surface area contributed by atoms with Crippen molar-refractivity contribution in [2.24, 2.45) is 0 Å². The van der Waals surface area contributed by atoms with Crippen molar-refractivity contribution in [1.82, 2.24) is 9.97 Å². The minimum atomic E-state index is -0.266. The number of aromatic nitrogens is 2. The van der Waals surface area contributed by atoms with Gasteiger partial charge < -0.3 is 15.4 Å². The fourth-order valence-corrected chi connectivity index (χ4v) is 2.24. The lowest BCUT2D eigenvalue weighted by atomic mass is 10.1. The average molecular weight is 274 g/mol. The van der Waals surface area contributed by atoms with Gasteiger partial charge >= 0.3 is 0 Å². The highest BCUT2D eigenvalue weighted by Gasteiger charge is 2.18. The number of nitrogens with two attached hydrogens (primary N) is 1. The van der Waals surface area contributed by atoms with Gasteiger partial charge in [-0.3, -0.25) is 0 Å². The van der Waals surface area contributed by atoms with Crippen molar-refractivity contribution in [3.05, 3.63) is 36.3 Å². The summed E-state index contributed by atoms with van der Waals surface area (Å²) in [6.07, 6.45) is 1.68. The van der Waals surface area contributed by atoms with E-state index in [0.717, 1.165) is 30.0 Å². The first kappa shape index (κ1) is 12.8. The van der Waals surface area contributed by atoms with E-state index in [1.54, 1.807) is 18.3 Å². The Morgan fingerprint density at radius 2 is 1.85 bits per heavy atom. The van der Waals surface area contributed by atoms with Gasteiger partial charge in [0.05, 0.1) is 13.2 Å². The Bertz CT molecular complexity index is 597. The van der Waals surface area contributed by atoms with Gasteiger partial charge in [-0.2, -0.15) is 4.98 Å². The number of halogens is 1. The van der Waals surface area contributed by atoms with Crippen LogP contribution in [0.3, 0.4) is 0 Å². The lowest BCUT2D eigenvalue weighted by molar-refractivity contribution is 0.122. The molecule has 6 heteroatoms. The smallest absolute Gasteiger partial charge is 0.221 e. The van der Waals surface area contributed by atoms with E-state index < -0.39 is 0 Å². The highest BCUT2D eigenvalue weighted by Crippen LogP contribution is 2.29. The van der Waals surface area contributed by atoms with Gasteiger partial charge in [0.15, 0.2) is 0 Å². The first-order chi connectivity index (χ1) is 9.74. The van der Waals surface area contributed by atoms with Crippen LogP contribution in [-0.4, -0.2) is 36.3 Å². The summed E-state index contributed by atoms with van der Waals surface area (Å²) in [5.74, 6) is 0.739. The van der Waals surface area contributed by atoms with E-state index in [4.69, 9.17) is 10.5 Å². The van der Waals surface area contributed by atoms with Crippen molar-refractivity contribution in [1.29, 1.82) is 0 Å². The van der Waals surface area contributed by atoms with Gasteiger partial charge in [0.1, 0.15) is 11.6 Å². The maximum Gasteiger partial charge on any atom is 0.221 e. The molecule has 0 atom stereocenters. The third-order valence-corrected chi connectivity index (χ3v) is 3.25. The predicted octanol–water partition coefficient (Wildman–Crippen LogP) is 1.70. The van der Waals surface area contributed by atoms with Crippen LogP contribution in [-0.2, 0) is 4.74 Å². The summed E-state index contributed by atoms with van der Waals surface area (Å²) in [5, 5.41) is 0. The second-order valence-corrected chi connectivity index (χ2v) is 4.57. The number of morpholine rings is 1. The molecular formula is C14H15FN4O. The normalized spacial score (nSPS) is 15.3. The van der Waals surface area contributed by atoms with Gasteiger partial charge in [-0.15, -0.1) is 0 Å². The fraction of sp³-hybridized carbons (Fsp3) is 0.286. The quantitative estimate of drug-likeness (QED) is 0.903. The van der Waals surface area contributed by atoms with Crippen molar-refractivity contribution in [3.8, 4) is 11.1 Å². The van der Waals surface area contributed by atoms with E-state index in [1.807, 2.05) is 0 Å². The SMILES string of the molecule is Nc1ncc(-c2ccc(F)cc2)c(N2CCOCC2)n1. The molecule has 5 nitrogen and oxygen atoms in total. The molecule has 104 valence electrons. The molecule has 1 saturated heterocycles. The highest BCUT2D eigenvalue weighted by atomic mass is 19.1. The molecule has 2 aromatic rings. The predicted molar refractivity (Wildman–Crippen MR) is 74.9 cm³/mol. The summed E-state index contributed by atoms with van der Waals surface area (Å²) in [5.41, 5.74) is 7.41. The van der Waals surface area contributed by atoms with Crippen LogP contribution in [0.2, 0.25) is 0 Å². The molecule has 0 spiro atoms. The molecular weight excluding hydrogens is 259 g/mol. The molecule has 1 aliphatic rings. The second kappa shape index (κ2) is 5.42. The van der Waals surface area contributed by atoms with E-state index in [1.165, 1.54) is 12.1 Å². The third-order valence-electron chi connectivity index (χ3n) is 3.25. The van der Waals surface area contributed by atoms with E-state index in [0.29, 0.717) is 13.2 Å². The van der Waals surface area contributed by atoms with Crippen LogP contribution in [0, 0.1) is 5.82 Å². The minimum absolute atomic E-state index is 0.234. The van der Waals surface area contributed by atoms with Gasteiger partial charge in [-0.05, 0) is 17.7 Å². The zero-order chi connectivity index (χ0) is 13.9. The summed E-state index contributed by atoms with van der Waals surface area (Å²) in [6.45, 7) is 2.83. The molecule has 2 heterocycles. The number of nitrogen functional groups attached to an aromatic ring is 1. The van der Waals surface area contributed by atoms with Gasteiger partial charge in [0.25, 0.3) is 0 Å². The lowest BCUT2D eigenvalue weighted by Gasteiger charge is -2.29. The highest BCUT2D eigenvalue weighted by molar-refractivity contribution is 5.75. The molecule has 20 heavy (non-hydrogen) atoms. The fourth-order valence-electron chi connectivity index (χ4n) is 2.24. The Hall–Kier alpha value is -2.21. The lowest BCUT2D eigenvalue weighted by Crippen LogP contribution is -2.37. The molecule has 1 fully saturated rings. The second-order valence-electron chi connectivity index (χ2n) is 4.57. The number of rotatable bonds is 2. The molecule has 3 rings (SSSR count). The van der Waals surface area contributed by atoms with Crippen LogP contribution >= 0.6 is 0 Å². The Kier molecular flexibility index (Phi) is 3.47. The summed E-state index contributed by atoms with van der Waals surface area (Å²) in [4.78, 5) is 10.5. The van der Waals surface area contributed by atoms with Crippen LogP contribution in [0.5, 0.6) is 0 Å². The molecule has 0 unspecified atom stereocenters. The zero-order valence-corrected chi connectivity index (χ0v) is 10.9. The molecule has 1 aromatic heterocycles. The summed E-state index contributed by atoms with van der Waals surface area (Å²) in [6, 6.07) is 6.28. The Balaban J connectivity index is 2.03. The van der Waals surface area contributed by atoms with E-state index in [9.17, 15) is 4.39 Å². The number of ether oxygens (including phenoxy) is 1. The summed E-state index contributed by atoms with van der Waals surface area (Å²) in [7, 11) is 0. The van der Waals surface area contributed by atoms with Gasteiger partial charge in [0.2, 0.25) is 5.95 Å². The molecule has 1 aliphatic heterocycles. The maximum atomic E-state index is 13.0. The van der Waals surface area contributed by atoms with E-state index in [2.05, 4.69) is 14.9 Å². The first-order valence-corrected chi connectivity index (χ1v) is 6.45. The molecule has 1 aromatic carbocycles. The Morgan fingerprint density at radius 3 is 2.55 bits per heavy atom. The average Bonchev–Trinajstić information content (AvgIpc) is 2.49. The monoisotopic (exact) mass is 274 g/mol. The van der Waals surface area contributed by atoms with Gasteiger partial charge in [-0.25, -0.2) is 9.37 Å². The zero-order valence-electron chi connectivity index (χ0n) is 10.9. The third kappa shape index (κ3) is 2.55. The van der Waals surface area contributed by atoms with E-state index >= 15 is 0 Å². The number of hydrogen-bond acceptors (Lipinski definition) is 5. The molecule has 0 bridgehead atoms.